The number of hydrogen-bond acceptors (Lipinski definition) is 20. The Morgan fingerprint density at radius 2 is 0.714 bits per heavy atom. The lowest BCUT2D eigenvalue weighted by molar-refractivity contribution is -0.131. The first-order chi connectivity index (χ1) is 60.4. The van der Waals surface area contributed by atoms with Crippen molar-refractivity contribution >= 4 is 137 Å². The third kappa shape index (κ3) is 16.9. The summed E-state index contributed by atoms with van der Waals surface area (Å²) in [5, 5.41) is 31.7. The van der Waals surface area contributed by atoms with Crippen molar-refractivity contribution in [1.29, 1.82) is 0 Å². The van der Waals surface area contributed by atoms with E-state index in [0.717, 1.165) is 24.6 Å². The van der Waals surface area contributed by atoms with Crippen LogP contribution < -0.4 is 24.3 Å². The van der Waals surface area contributed by atoms with Gasteiger partial charge in [-0.1, -0.05) is 97.0 Å². The van der Waals surface area contributed by atoms with Crippen LogP contribution in [0.3, 0.4) is 0 Å². The molecule has 17 rings (SSSR count). The number of benzene rings is 8. The van der Waals surface area contributed by atoms with Crippen LogP contribution in [0.25, 0.3) is 88.1 Å². The van der Waals surface area contributed by atoms with Gasteiger partial charge in [0.1, 0.15) is 117 Å². The van der Waals surface area contributed by atoms with Gasteiger partial charge in [-0.2, -0.15) is 0 Å². The number of carbonyl (C=O) groups excluding carboxylic acids is 4. The second kappa shape index (κ2) is 37.0. The second-order valence-electron chi connectivity index (χ2n) is 30.2. The molecule has 5 fully saturated rings. The Kier molecular flexibility index (Phi) is 26.2. The first-order valence-corrected chi connectivity index (χ1v) is 40.9. The number of anilines is 4. The topological polar surface area (TPSA) is 267 Å². The van der Waals surface area contributed by atoms with E-state index < -0.39 is 63.8 Å². The maximum Gasteiger partial charge on any atom is 0.246 e. The lowest BCUT2D eigenvalue weighted by Gasteiger charge is -2.44. The van der Waals surface area contributed by atoms with Gasteiger partial charge in [0.25, 0.3) is 0 Å². The van der Waals surface area contributed by atoms with E-state index in [1.807, 2.05) is 47.3 Å². The van der Waals surface area contributed by atoms with Crippen molar-refractivity contribution in [1.82, 2.24) is 59.5 Å². The van der Waals surface area contributed by atoms with E-state index in [-0.39, 0.29) is 152 Å². The van der Waals surface area contributed by atoms with Crippen LogP contribution in [0.1, 0.15) is 34.1 Å². The Bertz CT molecular complexity index is 6210. The predicted molar refractivity (Wildman–Crippen MR) is 468 cm³/mol. The number of rotatable bonds is 13. The van der Waals surface area contributed by atoms with Gasteiger partial charge in [-0.15, -0.1) is 0 Å². The molecule has 3 N–H and O–H groups in total. The molecule has 0 radical (unpaired) electrons. The van der Waals surface area contributed by atoms with Gasteiger partial charge in [-0.05, 0) is 131 Å². The van der Waals surface area contributed by atoms with Crippen LogP contribution in [-0.4, -0.2) is 207 Å². The molecule has 4 aliphatic heterocycles. The molecule has 36 heteroatoms. The Balaban J connectivity index is 0.000000136. The smallest absolute Gasteiger partial charge is 0.246 e. The molecule has 4 amide bonds. The Morgan fingerprint density at radius 3 is 1.06 bits per heavy atom. The maximum absolute atomic E-state index is 15.7. The standard InChI is InChI=1S/2C23H21ClF2N4O2.C22H17ClF2N4O2.C22H19ClF2N4O2/c1-4-18(32)30-12(2)9-29(10-13(30)3)23-14-8-15(24)19(21(26)22(14)27-11-28-23)20-16(25)6-5-7-17(20)31;1-4-18(31)29-8-9-30(13(2)11-29)23-14-10-15(24)19(21(26)22(14)27-12-28-23)20-16(25)6-5-7-17(20)32-3;1-2-17(31)28-6-7-29(15-9-14(15)28)22-11-8-12(23)18(20(25)21(11)26-10-27-22)19-13(24)4-3-5-16(19)30;1-3-17(31)28-7-8-29(12(2)10-28)22-13-9-14(23)18(20(25)21(13)26-11-27-22)19-15(24)5-4-6-16(19)30/h4-8,11-13,31H,1,9-10H2,2-3H3;4-7,10,12-13H,1,8-9,11H2,2-3H3;2-5,8,10,14-15,30H,1,6-7,9H2;3-6,9,11-12,30H,1,7-8,10H2,2H3/t12-,13+;13-;;12-/m.1.0/s1. The monoisotopic (exact) mass is 1800 g/mol. The van der Waals surface area contributed by atoms with E-state index in [0.29, 0.717) is 110 Å². The van der Waals surface area contributed by atoms with E-state index in [4.69, 9.17) is 51.1 Å². The fraction of sp³-hybridized carbons (Fsp3) is 0.244. The van der Waals surface area contributed by atoms with E-state index >= 15 is 17.6 Å². The summed E-state index contributed by atoms with van der Waals surface area (Å²) in [5.74, 6) is -6.06. The minimum absolute atomic E-state index is 0.0163. The lowest BCUT2D eigenvalue weighted by Crippen LogP contribution is -2.58. The number of amides is 4. The Morgan fingerprint density at radius 1 is 0.389 bits per heavy atom. The molecule has 12 aromatic rings. The largest absolute Gasteiger partial charge is 0.507 e. The molecule has 1 saturated carbocycles. The highest BCUT2D eigenvalue weighted by Gasteiger charge is 2.51. The van der Waals surface area contributed by atoms with Crippen molar-refractivity contribution in [2.75, 3.05) is 92.2 Å². The SMILES string of the molecule is C=CC(=O)N1CCN(c2ncnc3c(F)c(-c4c(F)cccc4OC)c(Cl)cc23)[C@H](C)C1.C=CC(=O)N1CCN(c2ncnc3c(F)c(-c4c(O)cccc4F)c(Cl)cc23)C2CC21.C=CC(=O)N1CCN(c2ncnc3c(F)c(-c4c(O)cccc4F)c(Cl)cc23)[C@@H](C)C1.C=CC(=O)N1[C@H](C)CN(c2ncnc3c(F)c(-c4c(O)cccc4F)c(Cl)cc23)C[C@@H]1C. The number of fused-ring (bicyclic) bond motifs is 5. The number of carbonyl (C=O) groups is 4. The summed E-state index contributed by atoms with van der Waals surface area (Å²) in [6.07, 6.45) is 10.9. The highest BCUT2D eigenvalue weighted by Crippen LogP contribution is 2.49. The molecule has 4 saturated heterocycles. The molecule has 4 aromatic heterocycles. The van der Waals surface area contributed by atoms with Gasteiger partial charge in [0.2, 0.25) is 23.6 Å². The van der Waals surface area contributed by atoms with Gasteiger partial charge in [0.05, 0.1) is 61.5 Å². The molecule has 5 aliphatic rings. The maximum atomic E-state index is 15.7. The summed E-state index contributed by atoms with van der Waals surface area (Å²) in [6.45, 7) is 26.6. The molecule has 24 nitrogen and oxygen atoms in total. The van der Waals surface area contributed by atoms with Crippen molar-refractivity contribution in [2.45, 2.75) is 70.4 Å². The van der Waals surface area contributed by atoms with E-state index in [1.54, 1.807) is 25.7 Å². The van der Waals surface area contributed by atoms with Crippen LogP contribution in [0.5, 0.6) is 23.0 Å². The summed E-state index contributed by atoms with van der Waals surface area (Å²) in [5.41, 5.74) is -1.99. The number of phenols is 3. The molecule has 0 spiro atoms. The third-order valence-corrected chi connectivity index (χ3v) is 23.8. The quantitative estimate of drug-likeness (QED) is 0.0715. The lowest BCUT2D eigenvalue weighted by atomic mass is 10.0. The zero-order valence-corrected chi connectivity index (χ0v) is 71.0. The minimum atomic E-state index is -0.849. The molecular formula is C90H78Cl4F8N16O8. The highest BCUT2D eigenvalue weighted by atomic mass is 35.5. The number of aromatic hydroxyl groups is 3. The summed E-state index contributed by atoms with van der Waals surface area (Å²) in [4.78, 5) is 96.7. The van der Waals surface area contributed by atoms with Gasteiger partial charge in [-0.3, -0.25) is 19.2 Å². The predicted octanol–water partition coefficient (Wildman–Crippen LogP) is 17.1. The number of hydrogen-bond donors (Lipinski definition) is 3. The summed E-state index contributed by atoms with van der Waals surface area (Å²) in [7, 11) is 1.38. The summed E-state index contributed by atoms with van der Waals surface area (Å²) < 4.78 is 125. The first kappa shape index (κ1) is 89.2. The van der Waals surface area contributed by atoms with Gasteiger partial charge in [-0.25, -0.2) is 75.0 Å². The van der Waals surface area contributed by atoms with Crippen LogP contribution in [0, 0.1) is 46.5 Å². The van der Waals surface area contributed by atoms with Crippen LogP contribution in [0.2, 0.25) is 20.1 Å². The molecule has 8 heterocycles. The molecule has 8 aromatic carbocycles. The van der Waals surface area contributed by atoms with Gasteiger partial charge >= 0.3 is 0 Å². The number of halogens is 12. The van der Waals surface area contributed by atoms with Gasteiger partial charge in [0, 0.05) is 133 Å². The van der Waals surface area contributed by atoms with E-state index in [9.17, 15) is 52.1 Å². The van der Waals surface area contributed by atoms with Crippen molar-refractivity contribution in [3.05, 3.63) is 240 Å². The fourth-order valence-corrected chi connectivity index (χ4v) is 17.9. The van der Waals surface area contributed by atoms with E-state index in [2.05, 4.69) is 66.2 Å². The zero-order chi connectivity index (χ0) is 90.3. The fourth-order valence-electron chi connectivity index (χ4n) is 16.8. The number of phenolic OH excluding ortho intramolecular Hbond substituents is 3. The van der Waals surface area contributed by atoms with Crippen molar-refractivity contribution in [2.24, 2.45) is 0 Å². The number of aromatic nitrogens is 8. The second-order valence-corrected chi connectivity index (χ2v) is 31.8. The average molecular weight is 1810 g/mol. The summed E-state index contributed by atoms with van der Waals surface area (Å²) in [6, 6.07) is 21.0. The van der Waals surface area contributed by atoms with Crippen LogP contribution >= 0.6 is 46.4 Å². The minimum Gasteiger partial charge on any atom is -0.507 e. The van der Waals surface area contributed by atoms with Gasteiger partial charge < -0.3 is 59.3 Å². The molecule has 126 heavy (non-hydrogen) atoms. The van der Waals surface area contributed by atoms with Crippen molar-refractivity contribution in [3.63, 3.8) is 0 Å². The number of nitrogens with zero attached hydrogens (tertiary/aromatic N) is 16. The Labute approximate surface area is 736 Å². The van der Waals surface area contributed by atoms with Crippen LogP contribution in [0.4, 0.5) is 58.4 Å². The molecular weight excluding hydrogens is 1730 g/mol. The number of methoxy groups -OCH3 is 1. The summed E-state index contributed by atoms with van der Waals surface area (Å²) >= 11 is 25.6. The van der Waals surface area contributed by atoms with Crippen molar-refractivity contribution < 1.29 is 74.4 Å². The molecule has 6 atom stereocenters. The zero-order valence-electron chi connectivity index (χ0n) is 68.0. The molecule has 650 valence electrons. The Hall–Kier alpha value is -13.0. The highest BCUT2D eigenvalue weighted by molar-refractivity contribution is 6.36. The average Bonchev–Trinajstić information content (AvgIpc) is 1.67. The van der Waals surface area contributed by atoms with Gasteiger partial charge in [0.15, 0.2) is 23.3 Å². The molecule has 0 bridgehead atoms. The van der Waals surface area contributed by atoms with Crippen LogP contribution in [0.15, 0.2) is 173 Å². The van der Waals surface area contributed by atoms with E-state index in [1.165, 1.54) is 130 Å². The first-order valence-electron chi connectivity index (χ1n) is 39.4. The normalized spacial score (nSPS) is 17.9. The van der Waals surface area contributed by atoms with Crippen LogP contribution in [-0.2, 0) is 19.2 Å². The number of piperazine rings is 4. The molecule has 2 unspecified atom stereocenters. The molecule has 1 aliphatic carbocycles. The third-order valence-electron chi connectivity index (χ3n) is 22.6. The number of ether oxygens (including phenoxy) is 1. The van der Waals surface area contributed by atoms with Crippen molar-refractivity contribution in [3.8, 4) is 67.5 Å².